The summed E-state index contributed by atoms with van der Waals surface area (Å²) in [5.41, 5.74) is 4.14. The molecule has 7 nitrogen and oxygen atoms in total. The summed E-state index contributed by atoms with van der Waals surface area (Å²) < 4.78 is 2.16. The molecule has 0 saturated carbocycles. The van der Waals surface area contributed by atoms with Crippen LogP contribution in [0.25, 0.3) is 5.69 Å². The average Bonchev–Trinajstić information content (AvgIpc) is 3.44. The molecule has 1 aliphatic rings. The number of nitrogens with zero attached hydrogens (tertiary/aromatic N) is 3. The molecule has 0 unspecified atom stereocenters. The Morgan fingerprint density at radius 1 is 1.05 bits per heavy atom. The molecule has 0 aliphatic carbocycles. The number of thiophene rings is 1. The summed E-state index contributed by atoms with van der Waals surface area (Å²) >= 11 is 7.15. The first-order chi connectivity index (χ1) is 17.8. The average molecular weight is 533 g/mol. The van der Waals surface area contributed by atoms with Crippen LogP contribution in [0, 0.1) is 0 Å². The maximum absolute atomic E-state index is 13.4. The van der Waals surface area contributed by atoms with Crippen LogP contribution in [0.1, 0.15) is 36.7 Å². The number of carbonyl (C=O) groups excluding carboxylic acids is 2. The number of amides is 2. The molecule has 0 spiro atoms. The third-order valence-corrected chi connectivity index (χ3v) is 7.36. The standard InChI is InChI=1S/C28H25ClN4O3S/c1-31(2)16-20-8-5-13-33(27(20)35)21-9-3-6-18(14-21)15-32-17-19-7-4-10-22(25(19)28(32)36)30-26(34)23-11-12-24(29)37-23/h3-14H,15-17H2,1-2H3,(H,30,34). The van der Waals surface area contributed by atoms with Gasteiger partial charge in [-0.05, 0) is 61.6 Å². The van der Waals surface area contributed by atoms with E-state index >= 15 is 0 Å². The van der Waals surface area contributed by atoms with Crippen LogP contribution in [0.15, 0.2) is 77.7 Å². The summed E-state index contributed by atoms with van der Waals surface area (Å²) in [7, 11) is 3.86. The second-order valence-electron chi connectivity index (χ2n) is 9.18. The van der Waals surface area contributed by atoms with Gasteiger partial charge in [0.1, 0.15) is 0 Å². The molecule has 5 rings (SSSR count). The van der Waals surface area contributed by atoms with Gasteiger partial charge in [-0.2, -0.15) is 0 Å². The Labute approximate surface area is 223 Å². The number of pyridine rings is 1. The van der Waals surface area contributed by atoms with E-state index in [9.17, 15) is 14.4 Å². The number of aromatic nitrogens is 1. The number of fused-ring (bicyclic) bond motifs is 1. The second-order valence-corrected chi connectivity index (χ2v) is 10.9. The molecule has 2 amide bonds. The molecule has 1 aliphatic heterocycles. The maximum Gasteiger partial charge on any atom is 0.265 e. The number of benzene rings is 2. The smallest absolute Gasteiger partial charge is 0.265 e. The number of anilines is 1. The summed E-state index contributed by atoms with van der Waals surface area (Å²) in [5, 5.41) is 2.87. The predicted octanol–water partition coefficient (Wildman–Crippen LogP) is 5.02. The lowest BCUT2D eigenvalue weighted by atomic mass is 10.1. The van der Waals surface area contributed by atoms with Gasteiger partial charge in [0.2, 0.25) is 0 Å². The minimum absolute atomic E-state index is 0.0644. The van der Waals surface area contributed by atoms with Crippen LogP contribution >= 0.6 is 22.9 Å². The summed E-state index contributed by atoms with van der Waals surface area (Å²) in [6, 6.07) is 20.2. The number of hydrogen-bond acceptors (Lipinski definition) is 5. The molecule has 2 aromatic carbocycles. The molecule has 1 N–H and O–H groups in total. The molecule has 0 saturated heterocycles. The summed E-state index contributed by atoms with van der Waals surface area (Å²) in [6.07, 6.45) is 1.76. The van der Waals surface area contributed by atoms with Crippen LogP contribution in [0.3, 0.4) is 0 Å². The molecule has 0 radical (unpaired) electrons. The number of carbonyl (C=O) groups is 2. The van der Waals surface area contributed by atoms with Gasteiger partial charge in [0, 0.05) is 37.1 Å². The van der Waals surface area contributed by atoms with E-state index in [2.05, 4.69) is 5.32 Å². The van der Waals surface area contributed by atoms with Crippen molar-refractivity contribution in [3.63, 3.8) is 0 Å². The molecule has 37 heavy (non-hydrogen) atoms. The van der Waals surface area contributed by atoms with Gasteiger partial charge in [-0.15, -0.1) is 11.3 Å². The van der Waals surface area contributed by atoms with Gasteiger partial charge >= 0.3 is 0 Å². The largest absolute Gasteiger partial charge is 0.330 e. The lowest BCUT2D eigenvalue weighted by Crippen LogP contribution is -2.26. The van der Waals surface area contributed by atoms with Gasteiger partial charge in [-0.3, -0.25) is 19.0 Å². The van der Waals surface area contributed by atoms with E-state index < -0.39 is 0 Å². The molecule has 0 bridgehead atoms. The topological polar surface area (TPSA) is 74.7 Å². The van der Waals surface area contributed by atoms with Crippen LogP contribution in [0.4, 0.5) is 5.69 Å². The molecule has 4 aromatic rings. The van der Waals surface area contributed by atoms with Gasteiger partial charge in [-0.1, -0.05) is 41.9 Å². The van der Waals surface area contributed by atoms with Crippen molar-refractivity contribution in [2.24, 2.45) is 0 Å². The van der Waals surface area contributed by atoms with Crippen LogP contribution in [-0.2, 0) is 19.6 Å². The quantitative estimate of drug-likeness (QED) is 0.362. The van der Waals surface area contributed by atoms with Crippen LogP contribution in [0.5, 0.6) is 0 Å². The fourth-order valence-corrected chi connectivity index (χ4v) is 5.44. The highest BCUT2D eigenvalue weighted by atomic mass is 35.5. The zero-order valence-corrected chi connectivity index (χ0v) is 22.0. The summed E-state index contributed by atoms with van der Waals surface area (Å²) in [4.78, 5) is 43.3. The first kappa shape index (κ1) is 25.0. The summed E-state index contributed by atoms with van der Waals surface area (Å²) in [6.45, 7) is 1.37. The van der Waals surface area contributed by atoms with E-state index in [-0.39, 0.29) is 17.4 Å². The first-order valence-electron chi connectivity index (χ1n) is 11.7. The third-order valence-electron chi connectivity index (χ3n) is 6.13. The molecule has 188 valence electrons. The highest BCUT2D eigenvalue weighted by Crippen LogP contribution is 2.31. The van der Waals surface area contributed by atoms with Crippen LogP contribution in [-0.4, -0.2) is 40.3 Å². The number of hydrogen-bond donors (Lipinski definition) is 1. The lowest BCUT2D eigenvalue weighted by molar-refractivity contribution is 0.0767. The van der Waals surface area contributed by atoms with Crippen LogP contribution in [0.2, 0.25) is 4.34 Å². The molecular weight excluding hydrogens is 508 g/mol. The zero-order valence-electron chi connectivity index (χ0n) is 20.4. The van der Waals surface area contributed by atoms with E-state index in [1.54, 1.807) is 33.9 Å². The highest BCUT2D eigenvalue weighted by molar-refractivity contribution is 7.18. The predicted molar refractivity (Wildman–Crippen MR) is 147 cm³/mol. The van der Waals surface area contributed by atoms with Crippen molar-refractivity contribution in [2.75, 3.05) is 19.4 Å². The van der Waals surface area contributed by atoms with E-state index in [0.717, 1.165) is 16.8 Å². The minimum Gasteiger partial charge on any atom is -0.330 e. The van der Waals surface area contributed by atoms with Crippen molar-refractivity contribution in [3.8, 4) is 5.69 Å². The Balaban J connectivity index is 1.36. The molecular formula is C28H25ClN4O3S. The normalized spacial score (nSPS) is 12.8. The first-order valence-corrected chi connectivity index (χ1v) is 12.9. The highest BCUT2D eigenvalue weighted by Gasteiger charge is 2.30. The molecule has 0 fully saturated rings. The van der Waals surface area contributed by atoms with Crippen molar-refractivity contribution in [1.29, 1.82) is 0 Å². The molecule has 9 heteroatoms. The number of nitrogens with one attached hydrogen (secondary N) is 1. The maximum atomic E-state index is 13.4. The van der Waals surface area contributed by atoms with Crippen molar-refractivity contribution in [3.05, 3.63) is 115 Å². The van der Waals surface area contributed by atoms with E-state index in [4.69, 9.17) is 11.6 Å². The third kappa shape index (κ3) is 5.22. The molecule has 3 heterocycles. The Kier molecular flexibility index (Phi) is 6.97. The second kappa shape index (κ2) is 10.3. The Bertz CT molecular complexity index is 1560. The Hall–Kier alpha value is -3.72. The molecule has 2 aromatic heterocycles. The van der Waals surface area contributed by atoms with Crippen molar-refractivity contribution in [2.45, 2.75) is 19.6 Å². The van der Waals surface area contributed by atoms with Crippen molar-refractivity contribution in [1.82, 2.24) is 14.4 Å². The van der Waals surface area contributed by atoms with E-state index in [1.807, 2.05) is 67.5 Å². The fourth-order valence-electron chi connectivity index (χ4n) is 4.50. The molecule has 0 atom stereocenters. The van der Waals surface area contributed by atoms with E-state index in [0.29, 0.717) is 45.7 Å². The Morgan fingerprint density at radius 2 is 1.86 bits per heavy atom. The summed E-state index contributed by atoms with van der Waals surface area (Å²) in [5.74, 6) is -0.447. The van der Waals surface area contributed by atoms with Gasteiger partial charge in [0.05, 0.1) is 20.5 Å². The van der Waals surface area contributed by atoms with Crippen LogP contribution < -0.4 is 10.9 Å². The van der Waals surface area contributed by atoms with Crippen molar-refractivity contribution < 1.29 is 9.59 Å². The van der Waals surface area contributed by atoms with E-state index in [1.165, 1.54) is 11.3 Å². The zero-order chi connectivity index (χ0) is 26.1. The van der Waals surface area contributed by atoms with Gasteiger partial charge in [-0.25, -0.2) is 0 Å². The number of rotatable bonds is 7. The Morgan fingerprint density at radius 3 is 2.62 bits per heavy atom. The SMILES string of the molecule is CN(C)Cc1cccn(-c2cccc(CN3Cc4cccc(NC(=O)c5ccc(Cl)s5)c4C3=O)c2)c1=O. The van der Waals surface area contributed by atoms with Gasteiger partial charge in [0.15, 0.2) is 0 Å². The lowest BCUT2D eigenvalue weighted by Gasteiger charge is -2.17. The minimum atomic E-state index is -0.300. The number of halogens is 1. The van der Waals surface area contributed by atoms with Gasteiger partial charge in [0.25, 0.3) is 17.4 Å². The van der Waals surface area contributed by atoms with Crippen molar-refractivity contribution >= 4 is 40.4 Å². The fraction of sp³-hybridized carbons (Fsp3) is 0.179. The monoisotopic (exact) mass is 532 g/mol. The van der Waals surface area contributed by atoms with Gasteiger partial charge < -0.3 is 15.1 Å².